The number of carbonyl (C=O) groups excluding carboxylic acids is 1. The highest BCUT2D eigenvalue weighted by Gasteiger charge is 2.23. The van der Waals surface area contributed by atoms with Crippen molar-refractivity contribution in [3.05, 3.63) is 83.3 Å². The van der Waals surface area contributed by atoms with Crippen molar-refractivity contribution in [2.45, 2.75) is 25.3 Å². The molecule has 6 nitrogen and oxygen atoms in total. The Morgan fingerprint density at radius 3 is 2.28 bits per heavy atom. The third kappa shape index (κ3) is 4.35. The number of carbonyl (C=O) groups is 1. The molecule has 3 aromatic rings. The monoisotopic (exact) mass is 412 g/mol. The lowest BCUT2D eigenvalue weighted by molar-refractivity contribution is 0.0775. The Labute approximate surface area is 171 Å². The molecular weight excluding hydrogens is 388 g/mol. The quantitative estimate of drug-likeness (QED) is 0.614. The first kappa shape index (κ1) is 20.7. The van der Waals surface area contributed by atoms with Crippen LogP contribution in [-0.4, -0.2) is 33.3 Å². The second kappa shape index (κ2) is 8.13. The number of nitrogens with zero attached hydrogens (tertiary/aromatic N) is 2. The van der Waals surface area contributed by atoms with E-state index in [1.54, 1.807) is 73.7 Å². The first-order valence-electron chi connectivity index (χ1n) is 9.14. The van der Waals surface area contributed by atoms with E-state index in [-0.39, 0.29) is 10.8 Å². The second-order valence-electron chi connectivity index (χ2n) is 7.03. The maximum Gasteiger partial charge on any atom is 0.264 e. The molecule has 7 heteroatoms. The Morgan fingerprint density at radius 2 is 1.69 bits per heavy atom. The van der Waals surface area contributed by atoms with E-state index < -0.39 is 10.0 Å². The van der Waals surface area contributed by atoms with Crippen LogP contribution in [0, 0.1) is 13.8 Å². The van der Waals surface area contributed by atoms with Gasteiger partial charge in [-0.3, -0.25) is 9.10 Å². The van der Waals surface area contributed by atoms with E-state index in [1.807, 2.05) is 13.0 Å². The van der Waals surface area contributed by atoms with Crippen LogP contribution in [0.5, 0.6) is 0 Å². The maximum atomic E-state index is 12.9. The highest BCUT2D eigenvalue weighted by atomic mass is 32.2. The van der Waals surface area contributed by atoms with E-state index in [0.29, 0.717) is 29.1 Å². The minimum atomic E-state index is -3.69. The van der Waals surface area contributed by atoms with Crippen molar-refractivity contribution in [3.63, 3.8) is 0 Å². The summed E-state index contributed by atoms with van der Waals surface area (Å²) < 4.78 is 32.4. The fourth-order valence-corrected chi connectivity index (χ4v) is 4.33. The molecule has 0 unspecified atom stereocenters. The van der Waals surface area contributed by atoms with Crippen molar-refractivity contribution in [3.8, 4) is 0 Å². The molecule has 152 valence electrons. The van der Waals surface area contributed by atoms with Crippen molar-refractivity contribution >= 4 is 21.6 Å². The molecule has 2 aromatic carbocycles. The van der Waals surface area contributed by atoms with E-state index in [4.69, 9.17) is 4.42 Å². The smallest absolute Gasteiger partial charge is 0.264 e. The summed E-state index contributed by atoms with van der Waals surface area (Å²) in [5.74, 6) is 0.526. The van der Waals surface area contributed by atoms with Crippen LogP contribution in [-0.2, 0) is 16.6 Å². The Bertz CT molecular complexity index is 1100. The van der Waals surface area contributed by atoms with Gasteiger partial charge >= 0.3 is 0 Å². The number of benzene rings is 2. The highest BCUT2D eigenvalue weighted by molar-refractivity contribution is 7.92. The Balaban J connectivity index is 1.83. The molecule has 1 heterocycles. The van der Waals surface area contributed by atoms with E-state index >= 15 is 0 Å². The third-order valence-electron chi connectivity index (χ3n) is 4.78. The third-order valence-corrected chi connectivity index (χ3v) is 6.57. The predicted octanol–water partition coefficient (Wildman–Crippen LogP) is 3.99. The number of anilines is 1. The van der Waals surface area contributed by atoms with Crippen LogP contribution >= 0.6 is 0 Å². The zero-order chi connectivity index (χ0) is 21.2. The number of sulfonamides is 1. The molecule has 0 atom stereocenters. The lowest BCUT2D eigenvalue weighted by Gasteiger charge is -2.22. The van der Waals surface area contributed by atoms with E-state index in [9.17, 15) is 13.2 Å². The normalized spacial score (nSPS) is 11.3. The number of rotatable bonds is 6. The van der Waals surface area contributed by atoms with Crippen molar-refractivity contribution in [2.75, 3.05) is 18.4 Å². The molecule has 0 spiro atoms. The van der Waals surface area contributed by atoms with Crippen LogP contribution in [0.25, 0.3) is 0 Å². The molecule has 0 saturated heterocycles. The number of hydrogen-bond donors (Lipinski definition) is 0. The molecule has 29 heavy (non-hydrogen) atoms. The van der Waals surface area contributed by atoms with Crippen LogP contribution in [0.2, 0.25) is 0 Å². The predicted molar refractivity (Wildman–Crippen MR) is 112 cm³/mol. The molecule has 0 aliphatic heterocycles. The lowest BCUT2D eigenvalue weighted by Crippen LogP contribution is -2.28. The molecule has 0 aliphatic rings. The summed E-state index contributed by atoms with van der Waals surface area (Å²) >= 11 is 0. The summed E-state index contributed by atoms with van der Waals surface area (Å²) in [4.78, 5) is 14.5. The molecule has 0 radical (unpaired) electrons. The van der Waals surface area contributed by atoms with Gasteiger partial charge in [-0.1, -0.05) is 17.7 Å². The molecule has 0 N–H and O–H groups in total. The minimum absolute atomic E-state index is 0.167. The van der Waals surface area contributed by atoms with E-state index in [2.05, 4.69) is 0 Å². The van der Waals surface area contributed by atoms with Gasteiger partial charge < -0.3 is 9.32 Å². The van der Waals surface area contributed by atoms with Gasteiger partial charge in [0.05, 0.1) is 23.4 Å². The summed E-state index contributed by atoms with van der Waals surface area (Å²) in [7, 11) is -0.477. The van der Waals surface area contributed by atoms with Gasteiger partial charge in [-0.2, -0.15) is 0 Å². The van der Waals surface area contributed by atoms with Gasteiger partial charge in [0.25, 0.3) is 15.9 Å². The van der Waals surface area contributed by atoms with Gasteiger partial charge in [0, 0.05) is 19.7 Å². The summed E-state index contributed by atoms with van der Waals surface area (Å²) in [6.07, 6.45) is 1.57. The lowest BCUT2D eigenvalue weighted by atomic mass is 10.1. The van der Waals surface area contributed by atoms with Crippen LogP contribution in [0.15, 0.2) is 70.2 Å². The Morgan fingerprint density at radius 1 is 1.00 bits per heavy atom. The van der Waals surface area contributed by atoms with Gasteiger partial charge in [0.2, 0.25) is 0 Å². The summed E-state index contributed by atoms with van der Waals surface area (Å²) in [5, 5.41) is 0. The average Bonchev–Trinajstić information content (AvgIpc) is 3.20. The molecule has 0 fully saturated rings. The molecule has 0 bridgehead atoms. The van der Waals surface area contributed by atoms with Crippen LogP contribution in [0.1, 0.15) is 27.2 Å². The number of hydrogen-bond acceptors (Lipinski definition) is 4. The first-order chi connectivity index (χ1) is 13.7. The topological polar surface area (TPSA) is 70.8 Å². The van der Waals surface area contributed by atoms with Crippen LogP contribution < -0.4 is 4.31 Å². The van der Waals surface area contributed by atoms with E-state index in [0.717, 1.165) is 5.56 Å². The van der Waals surface area contributed by atoms with Crippen molar-refractivity contribution < 1.29 is 17.6 Å². The van der Waals surface area contributed by atoms with Crippen molar-refractivity contribution in [2.24, 2.45) is 0 Å². The summed E-state index contributed by atoms with van der Waals surface area (Å²) in [6, 6.07) is 15.3. The zero-order valence-corrected chi connectivity index (χ0v) is 17.7. The standard InChI is InChI=1S/C22H24N2O4S/c1-16-7-10-20(11-8-16)29(26,27)24(4)21-12-9-18(14-17(21)2)22(25)23(3)15-19-6-5-13-28-19/h5-14H,15H2,1-4H3. The highest BCUT2D eigenvalue weighted by Crippen LogP contribution is 2.27. The van der Waals surface area contributed by atoms with Gasteiger partial charge in [0.15, 0.2) is 0 Å². The second-order valence-corrected chi connectivity index (χ2v) is 9.00. The Kier molecular flexibility index (Phi) is 5.79. The number of amides is 1. The fraction of sp³-hybridized carbons (Fsp3) is 0.227. The van der Waals surface area contributed by atoms with E-state index in [1.165, 1.54) is 11.4 Å². The molecule has 1 amide bonds. The van der Waals surface area contributed by atoms with Crippen LogP contribution in [0.4, 0.5) is 5.69 Å². The maximum absolute atomic E-state index is 12.9. The number of furan rings is 1. The minimum Gasteiger partial charge on any atom is -0.467 e. The van der Waals surface area contributed by atoms with Crippen molar-refractivity contribution in [1.82, 2.24) is 4.90 Å². The molecule has 3 rings (SSSR count). The van der Waals surface area contributed by atoms with Gasteiger partial charge in [-0.05, 0) is 61.9 Å². The van der Waals surface area contributed by atoms with Gasteiger partial charge in [-0.15, -0.1) is 0 Å². The SMILES string of the molecule is Cc1ccc(S(=O)(=O)N(C)c2ccc(C(=O)N(C)Cc3ccco3)cc2C)cc1. The Hall–Kier alpha value is -3.06. The molecular formula is C22H24N2O4S. The van der Waals surface area contributed by atoms with Gasteiger partial charge in [-0.25, -0.2) is 8.42 Å². The summed E-state index contributed by atoms with van der Waals surface area (Å²) in [6.45, 7) is 4.05. The van der Waals surface area contributed by atoms with Crippen molar-refractivity contribution in [1.29, 1.82) is 0 Å². The summed E-state index contributed by atoms with van der Waals surface area (Å²) in [5.41, 5.74) is 2.70. The van der Waals surface area contributed by atoms with Gasteiger partial charge in [0.1, 0.15) is 5.76 Å². The molecule has 1 aromatic heterocycles. The first-order valence-corrected chi connectivity index (χ1v) is 10.6. The zero-order valence-electron chi connectivity index (χ0n) is 16.9. The average molecular weight is 413 g/mol. The molecule has 0 saturated carbocycles. The van der Waals surface area contributed by atoms with Crippen LogP contribution in [0.3, 0.4) is 0 Å². The largest absolute Gasteiger partial charge is 0.467 e. The molecule has 0 aliphatic carbocycles. The fourth-order valence-electron chi connectivity index (χ4n) is 3.07. The number of aryl methyl sites for hydroxylation is 2.